The predicted molar refractivity (Wildman–Crippen MR) is 76.6 cm³/mol. The zero-order chi connectivity index (χ0) is 14.7. The van der Waals surface area contributed by atoms with E-state index in [1.165, 1.54) is 32.1 Å². The average Bonchev–Trinajstić information content (AvgIpc) is 3.14. The van der Waals surface area contributed by atoms with Crippen LogP contribution in [-0.2, 0) is 4.74 Å². The molecule has 0 spiro atoms. The Hall–Kier alpha value is -0.980. The molecule has 2 heterocycles. The maximum atomic E-state index is 9.59. The van der Waals surface area contributed by atoms with E-state index in [-0.39, 0.29) is 18.2 Å². The van der Waals surface area contributed by atoms with Gasteiger partial charge in [0.05, 0.1) is 12.1 Å². The Balaban J connectivity index is 1.71. The van der Waals surface area contributed by atoms with Crippen molar-refractivity contribution in [3.63, 3.8) is 0 Å². The van der Waals surface area contributed by atoms with E-state index in [2.05, 4.69) is 15.5 Å². The highest BCUT2D eigenvalue weighted by Crippen LogP contribution is 2.36. The molecule has 1 aliphatic carbocycles. The third-order valence-corrected chi connectivity index (χ3v) is 4.54. The maximum absolute atomic E-state index is 9.59. The normalized spacial score (nSPS) is 28.9. The van der Waals surface area contributed by atoms with E-state index in [1.807, 2.05) is 6.92 Å². The lowest BCUT2D eigenvalue weighted by Crippen LogP contribution is -2.20. The van der Waals surface area contributed by atoms with Crippen LogP contribution in [0.3, 0.4) is 0 Å². The number of rotatable bonds is 5. The highest BCUT2D eigenvalue weighted by Gasteiger charge is 2.32. The largest absolute Gasteiger partial charge is 0.392 e. The monoisotopic (exact) mass is 295 g/mol. The van der Waals surface area contributed by atoms with Crippen LogP contribution in [0.25, 0.3) is 0 Å². The van der Waals surface area contributed by atoms with Gasteiger partial charge in [0.15, 0.2) is 0 Å². The number of hydrogen-bond acceptors (Lipinski definition) is 6. The highest BCUT2D eigenvalue weighted by molar-refractivity contribution is 5.01. The van der Waals surface area contributed by atoms with Crippen molar-refractivity contribution in [3.8, 4) is 0 Å². The zero-order valence-electron chi connectivity index (χ0n) is 12.6. The lowest BCUT2D eigenvalue weighted by atomic mass is 9.85. The van der Waals surface area contributed by atoms with E-state index >= 15 is 0 Å². The van der Waals surface area contributed by atoms with Gasteiger partial charge in [-0.25, -0.2) is 0 Å². The summed E-state index contributed by atoms with van der Waals surface area (Å²) in [5.41, 5.74) is 0. The van der Waals surface area contributed by atoms with E-state index in [4.69, 9.17) is 9.26 Å². The minimum absolute atomic E-state index is 0.0325. The van der Waals surface area contributed by atoms with E-state index in [1.54, 1.807) is 0 Å². The first-order valence-electron chi connectivity index (χ1n) is 8.14. The Morgan fingerprint density at radius 3 is 2.86 bits per heavy atom. The molecule has 2 N–H and O–H groups in total. The Morgan fingerprint density at radius 1 is 1.38 bits per heavy atom. The fourth-order valence-electron chi connectivity index (χ4n) is 3.45. The van der Waals surface area contributed by atoms with Crippen molar-refractivity contribution in [2.45, 2.75) is 63.7 Å². The molecule has 2 unspecified atom stereocenters. The van der Waals surface area contributed by atoms with Crippen LogP contribution in [0, 0.1) is 5.92 Å². The highest BCUT2D eigenvalue weighted by atomic mass is 16.5. The summed E-state index contributed by atoms with van der Waals surface area (Å²) in [6.07, 6.45) is 6.43. The molecule has 0 radical (unpaired) electrons. The quantitative estimate of drug-likeness (QED) is 0.866. The molecular formula is C15H25N3O3. The second kappa shape index (κ2) is 6.85. The van der Waals surface area contributed by atoms with E-state index in [0.717, 1.165) is 0 Å². The number of hydrogen-bond donors (Lipinski definition) is 2. The fourth-order valence-corrected chi connectivity index (χ4v) is 3.45. The van der Waals surface area contributed by atoms with Gasteiger partial charge in [-0.2, -0.15) is 4.98 Å². The van der Waals surface area contributed by atoms with Crippen LogP contribution >= 0.6 is 0 Å². The molecule has 0 amide bonds. The second-order valence-corrected chi connectivity index (χ2v) is 6.12. The number of nitrogens with one attached hydrogen (secondary N) is 1. The molecule has 1 saturated carbocycles. The van der Waals surface area contributed by atoms with Gasteiger partial charge in [0.25, 0.3) is 0 Å². The summed E-state index contributed by atoms with van der Waals surface area (Å²) in [7, 11) is 0. The Labute approximate surface area is 125 Å². The Kier molecular flexibility index (Phi) is 4.87. The molecule has 3 rings (SSSR count). The summed E-state index contributed by atoms with van der Waals surface area (Å²) in [6.45, 7) is 3.25. The number of nitrogens with zero attached hydrogens (tertiary/aromatic N) is 2. The van der Waals surface area contributed by atoms with Crippen LogP contribution in [0.15, 0.2) is 4.52 Å². The first-order valence-corrected chi connectivity index (χ1v) is 8.14. The van der Waals surface area contributed by atoms with Crippen LogP contribution in [0.1, 0.15) is 69.3 Å². The summed E-state index contributed by atoms with van der Waals surface area (Å²) in [5, 5.41) is 16.9. The van der Waals surface area contributed by atoms with Crippen molar-refractivity contribution in [2.24, 2.45) is 5.92 Å². The smallest absolute Gasteiger partial charge is 0.243 e. The number of aromatic nitrogens is 2. The third-order valence-electron chi connectivity index (χ3n) is 4.54. The maximum Gasteiger partial charge on any atom is 0.243 e. The van der Waals surface area contributed by atoms with E-state index in [0.29, 0.717) is 37.2 Å². The van der Waals surface area contributed by atoms with Gasteiger partial charge in [-0.05, 0) is 32.1 Å². The summed E-state index contributed by atoms with van der Waals surface area (Å²) in [6, 6.07) is -0.0325. The van der Waals surface area contributed by atoms with E-state index < -0.39 is 0 Å². The van der Waals surface area contributed by atoms with Crippen LogP contribution in [0.4, 0.5) is 0 Å². The third kappa shape index (κ3) is 3.44. The SMILES string of the molecule is CCOC(c1noc([C@@H]2CC(O)CN2)n1)C1CCCCC1. The first kappa shape index (κ1) is 14.9. The van der Waals surface area contributed by atoms with Gasteiger partial charge in [-0.15, -0.1) is 0 Å². The first-order chi connectivity index (χ1) is 10.3. The fraction of sp³-hybridized carbons (Fsp3) is 0.867. The van der Waals surface area contributed by atoms with Gasteiger partial charge in [0, 0.05) is 13.2 Å². The molecule has 1 aromatic heterocycles. The van der Waals surface area contributed by atoms with Crippen molar-refractivity contribution < 1.29 is 14.4 Å². The minimum Gasteiger partial charge on any atom is -0.392 e. The second-order valence-electron chi connectivity index (χ2n) is 6.12. The molecule has 2 aliphatic rings. The molecule has 21 heavy (non-hydrogen) atoms. The molecule has 6 nitrogen and oxygen atoms in total. The molecule has 1 aromatic rings. The average molecular weight is 295 g/mol. The molecular weight excluding hydrogens is 270 g/mol. The number of β-amino-alcohol motifs (C(OH)–C–C–N with tert-alkyl or cyclic N) is 1. The van der Waals surface area contributed by atoms with Crippen molar-refractivity contribution in [3.05, 3.63) is 11.7 Å². The summed E-state index contributed by atoms with van der Waals surface area (Å²) >= 11 is 0. The van der Waals surface area contributed by atoms with Crippen LogP contribution in [0.5, 0.6) is 0 Å². The van der Waals surface area contributed by atoms with Gasteiger partial charge in [-0.1, -0.05) is 24.4 Å². The molecule has 3 atom stereocenters. The Morgan fingerprint density at radius 2 is 2.19 bits per heavy atom. The molecule has 1 aliphatic heterocycles. The summed E-state index contributed by atoms with van der Waals surface area (Å²) in [5.74, 6) is 1.73. The van der Waals surface area contributed by atoms with Crippen molar-refractivity contribution >= 4 is 0 Å². The molecule has 0 bridgehead atoms. The summed E-state index contributed by atoms with van der Waals surface area (Å²) in [4.78, 5) is 4.54. The zero-order valence-corrected chi connectivity index (χ0v) is 12.6. The number of ether oxygens (including phenoxy) is 1. The molecule has 118 valence electrons. The molecule has 0 aromatic carbocycles. The van der Waals surface area contributed by atoms with Crippen molar-refractivity contribution in [2.75, 3.05) is 13.2 Å². The van der Waals surface area contributed by atoms with Gasteiger partial charge in [0.2, 0.25) is 11.7 Å². The van der Waals surface area contributed by atoms with Crippen molar-refractivity contribution in [1.29, 1.82) is 0 Å². The predicted octanol–water partition coefficient (Wildman–Crippen LogP) is 2.12. The molecule has 1 saturated heterocycles. The van der Waals surface area contributed by atoms with Gasteiger partial charge >= 0.3 is 0 Å². The van der Waals surface area contributed by atoms with Crippen LogP contribution < -0.4 is 5.32 Å². The topological polar surface area (TPSA) is 80.4 Å². The van der Waals surface area contributed by atoms with Crippen LogP contribution in [0.2, 0.25) is 0 Å². The van der Waals surface area contributed by atoms with E-state index in [9.17, 15) is 5.11 Å². The van der Waals surface area contributed by atoms with Gasteiger partial charge in [0.1, 0.15) is 6.10 Å². The molecule has 6 heteroatoms. The minimum atomic E-state index is -0.327. The van der Waals surface area contributed by atoms with Crippen LogP contribution in [-0.4, -0.2) is 34.5 Å². The summed E-state index contributed by atoms with van der Waals surface area (Å²) < 4.78 is 11.3. The van der Waals surface area contributed by atoms with Gasteiger partial charge < -0.3 is 19.7 Å². The lowest BCUT2D eigenvalue weighted by molar-refractivity contribution is -0.00145. The molecule has 2 fully saturated rings. The lowest BCUT2D eigenvalue weighted by Gasteiger charge is -2.27. The standard InChI is InChI=1S/C15H25N3O3/c1-2-20-13(10-6-4-3-5-7-10)14-17-15(21-18-14)12-8-11(19)9-16-12/h10-13,16,19H,2-9H2,1H3/t11?,12-,13?/m0/s1. The number of aliphatic hydroxyl groups excluding tert-OH is 1. The number of aliphatic hydroxyl groups is 1. The Bertz CT molecular complexity index is 445. The van der Waals surface area contributed by atoms with Crippen molar-refractivity contribution in [1.82, 2.24) is 15.5 Å². The van der Waals surface area contributed by atoms with Gasteiger partial charge in [-0.3, -0.25) is 0 Å².